The summed E-state index contributed by atoms with van der Waals surface area (Å²) in [4.78, 5) is 12.8. The van der Waals surface area contributed by atoms with Crippen LogP contribution < -0.4 is 10.6 Å². The van der Waals surface area contributed by atoms with Crippen molar-refractivity contribution in [1.29, 1.82) is 0 Å². The Morgan fingerprint density at radius 3 is 2.30 bits per heavy atom. The first-order valence-electron chi connectivity index (χ1n) is 14.7. The number of carbonyl (C=O) groups is 1. The average Bonchev–Trinajstić information content (AvgIpc) is 2.79. The fourth-order valence-electron chi connectivity index (χ4n) is 6.05. The second kappa shape index (κ2) is 12.3. The number of aryl methyl sites for hydroxylation is 1. The number of aliphatic hydroxyl groups is 1. The minimum absolute atomic E-state index is 0.000520. The summed E-state index contributed by atoms with van der Waals surface area (Å²) in [6, 6.07) is 5.98. The standard InChI is InChI=1S/C33H50F2N2O3/c1-22-14-23(30(2,3)4)16-24(15-22)33(12-10-9-11-13-33)36-21-28(38)27(37-29(39)40-31(5,6)7)20-32(8)18-25(34)17-26(35)19-32/h14-18,27-28,36,38H,9-13,19-21H2,1-8H3,(H,37,39)/t27-,28+,32+/m0/s1. The fraction of sp³-hybridized carbons (Fsp3) is 0.667. The highest BCUT2D eigenvalue weighted by atomic mass is 19.1. The molecule has 1 saturated carbocycles. The molecule has 0 radical (unpaired) electrons. The van der Waals surface area contributed by atoms with Gasteiger partial charge in [-0.3, -0.25) is 0 Å². The van der Waals surface area contributed by atoms with Gasteiger partial charge in [0.15, 0.2) is 0 Å². The van der Waals surface area contributed by atoms with E-state index in [1.165, 1.54) is 29.2 Å². The minimum Gasteiger partial charge on any atom is -0.444 e. The number of hydrogen-bond acceptors (Lipinski definition) is 4. The van der Waals surface area contributed by atoms with Gasteiger partial charge in [-0.15, -0.1) is 0 Å². The molecule has 0 unspecified atom stereocenters. The molecular formula is C33H50F2N2O3. The van der Waals surface area contributed by atoms with Gasteiger partial charge in [0.25, 0.3) is 0 Å². The summed E-state index contributed by atoms with van der Waals surface area (Å²) >= 11 is 0. The maximum absolute atomic E-state index is 14.2. The van der Waals surface area contributed by atoms with Crippen molar-refractivity contribution in [1.82, 2.24) is 10.6 Å². The first-order chi connectivity index (χ1) is 18.4. The number of allylic oxidation sites excluding steroid dienone is 4. The van der Waals surface area contributed by atoms with Gasteiger partial charge in [0.1, 0.15) is 17.3 Å². The van der Waals surface area contributed by atoms with Crippen molar-refractivity contribution < 1.29 is 23.4 Å². The van der Waals surface area contributed by atoms with Crippen molar-refractivity contribution in [2.75, 3.05) is 6.54 Å². The molecule has 224 valence electrons. The zero-order chi connectivity index (χ0) is 29.9. The van der Waals surface area contributed by atoms with Crippen LogP contribution in [-0.4, -0.2) is 35.5 Å². The Morgan fingerprint density at radius 1 is 1.07 bits per heavy atom. The molecule has 3 atom stereocenters. The SMILES string of the molecule is Cc1cc(C(C)(C)C)cc(C2(NC[C@@H](O)[C@H](C[C@]3(C)C=C(F)C=C(F)C3)NC(=O)OC(C)(C)C)CCCCC2)c1. The van der Waals surface area contributed by atoms with Crippen LogP contribution in [0.2, 0.25) is 0 Å². The molecule has 7 heteroatoms. The van der Waals surface area contributed by atoms with E-state index < -0.39 is 40.9 Å². The molecule has 2 aliphatic carbocycles. The molecule has 1 amide bonds. The lowest BCUT2D eigenvalue weighted by Crippen LogP contribution is -2.54. The highest BCUT2D eigenvalue weighted by molar-refractivity contribution is 5.68. The molecule has 0 saturated heterocycles. The van der Waals surface area contributed by atoms with E-state index in [4.69, 9.17) is 4.74 Å². The van der Waals surface area contributed by atoms with Gasteiger partial charge in [-0.1, -0.05) is 70.7 Å². The molecule has 1 fully saturated rings. The highest BCUT2D eigenvalue weighted by Crippen LogP contribution is 2.41. The predicted molar refractivity (Wildman–Crippen MR) is 158 cm³/mol. The van der Waals surface area contributed by atoms with Crippen molar-refractivity contribution in [2.24, 2.45) is 5.41 Å². The number of amides is 1. The van der Waals surface area contributed by atoms with Gasteiger partial charge >= 0.3 is 6.09 Å². The molecule has 3 N–H and O–H groups in total. The number of benzene rings is 1. The molecule has 40 heavy (non-hydrogen) atoms. The average molecular weight is 561 g/mol. The van der Waals surface area contributed by atoms with E-state index in [-0.39, 0.29) is 30.3 Å². The Morgan fingerprint density at radius 2 is 1.73 bits per heavy atom. The number of rotatable bonds is 8. The van der Waals surface area contributed by atoms with E-state index in [2.05, 4.69) is 56.5 Å². The van der Waals surface area contributed by atoms with Gasteiger partial charge in [-0.25, -0.2) is 13.6 Å². The van der Waals surface area contributed by atoms with Crippen LogP contribution in [0.1, 0.15) is 110 Å². The Bertz CT molecular complexity index is 1110. The fourth-order valence-corrected chi connectivity index (χ4v) is 6.05. The normalized spacial score (nSPS) is 23.1. The summed E-state index contributed by atoms with van der Waals surface area (Å²) in [7, 11) is 0. The Kier molecular flexibility index (Phi) is 9.94. The molecule has 2 aliphatic rings. The van der Waals surface area contributed by atoms with E-state index in [0.29, 0.717) is 0 Å². The first-order valence-corrected chi connectivity index (χ1v) is 14.7. The van der Waals surface area contributed by atoms with Gasteiger partial charge in [0, 0.05) is 24.6 Å². The molecule has 1 aromatic rings. The van der Waals surface area contributed by atoms with Crippen LogP contribution in [0.25, 0.3) is 0 Å². The van der Waals surface area contributed by atoms with E-state index in [1.54, 1.807) is 27.7 Å². The number of hydrogen-bond donors (Lipinski definition) is 3. The van der Waals surface area contributed by atoms with Crippen LogP contribution >= 0.6 is 0 Å². The first kappa shape index (κ1) is 32.3. The molecule has 0 heterocycles. The van der Waals surface area contributed by atoms with Gasteiger partial charge in [0.05, 0.1) is 12.1 Å². The van der Waals surface area contributed by atoms with Gasteiger partial charge in [0.2, 0.25) is 0 Å². The van der Waals surface area contributed by atoms with Crippen LogP contribution in [0.4, 0.5) is 13.6 Å². The quantitative estimate of drug-likeness (QED) is 0.303. The Hall–Kier alpha value is -2.25. The van der Waals surface area contributed by atoms with E-state index in [9.17, 15) is 18.7 Å². The minimum atomic E-state index is -1.01. The third kappa shape index (κ3) is 8.87. The smallest absolute Gasteiger partial charge is 0.407 e. The topological polar surface area (TPSA) is 70.6 Å². The summed E-state index contributed by atoms with van der Waals surface area (Å²) in [5.41, 5.74) is 1.75. The second-order valence-electron chi connectivity index (χ2n) is 14.3. The second-order valence-corrected chi connectivity index (χ2v) is 14.3. The zero-order valence-electron chi connectivity index (χ0n) is 25.7. The van der Waals surface area contributed by atoms with Crippen LogP contribution in [0.3, 0.4) is 0 Å². The summed E-state index contributed by atoms with van der Waals surface area (Å²) in [5, 5.41) is 18.0. The van der Waals surface area contributed by atoms with Crippen LogP contribution in [0, 0.1) is 12.3 Å². The van der Waals surface area contributed by atoms with E-state index >= 15 is 0 Å². The van der Waals surface area contributed by atoms with Crippen LogP contribution in [-0.2, 0) is 15.7 Å². The lowest BCUT2D eigenvalue weighted by molar-refractivity contribution is 0.0363. The maximum Gasteiger partial charge on any atom is 0.407 e. The van der Waals surface area contributed by atoms with Gasteiger partial charge in [-0.2, -0.15) is 0 Å². The Labute approximate surface area is 239 Å². The van der Waals surface area contributed by atoms with Crippen molar-refractivity contribution in [3.63, 3.8) is 0 Å². The summed E-state index contributed by atoms with van der Waals surface area (Å²) < 4.78 is 33.9. The Balaban J connectivity index is 1.87. The number of halogens is 2. The van der Waals surface area contributed by atoms with E-state index in [1.807, 2.05) is 0 Å². The van der Waals surface area contributed by atoms with Gasteiger partial charge in [-0.05, 0) is 75.0 Å². The maximum atomic E-state index is 14.2. The molecular weight excluding hydrogens is 510 g/mol. The predicted octanol–water partition coefficient (Wildman–Crippen LogP) is 7.80. The molecule has 0 aliphatic heterocycles. The zero-order valence-corrected chi connectivity index (χ0v) is 25.7. The number of nitrogens with one attached hydrogen (secondary N) is 2. The largest absolute Gasteiger partial charge is 0.444 e. The summed E-state index contributed by atoms with van der Waals surface area (Å²) in [6.07, 6.45) is 5.94. The van der Waals surface area contributed by atoms with Crippen LogP contribution in [0.15, 0.2) is 42.0 Å². The van der Waals surface area contributed by atoms with Crippen molar-refractivity contribution in [2.45, 2.75) is 129 Å². The van der Waals surface area contributed by atoms with Crippen LogP contribution in [0.5, 0.6) is 0 Å². The molecule has 0 bridgehead atoms. The number of aliphatic hydroxyl groups excluding tert-OH is 1. The summed E-state index contributed by atoms with van der Waals surface area (Å²) in [5.74, 6) is -1.20. The van der Waals surface area contributed by atoms with E-state index in [0.717, 1.165) is 31.8 Å². The van der Waals surface area contributed by atoms with Crippen molar-refractivity contribution in [3.05, 3.63) is 58.7 Å². The van der Waals surface area contributed by atoms with Gasteiger partial charge < -0.3 is 20.5 Å². The third-order valence-electron chi connectivity index (χ3n) is 8.06. The number of carbonyl (C=O) groups excluding carboxylic acids is 1. The molecule has 3 rings (SSSR count). The third-order valence-corrected chi connectivity index (χ3v) is 8.06. The summed E-state index contributed by atoms with van der Waals surface area (Å²) in [6.45, 7) is 16.0. The lowest BCUT2D eigenvalue weighted by Gasteiger charge is -2.41. The number of ether oxygens (including phenoxy) is 1. The molecule has 1 aromatic carbocycles. The monoisotopic (exact) mass is 560 g/mol. The highest BCUT2D eigenvalue weighted by Gasteiger charge is 2.38. The lowest BCUT2D eigenvalue weighted by atomic mass is 9.73. The van der Waals surface area contributed by atoms with Crippen molar-refractivity contribution >= 4 is 6.09 Å². The number of alkyl carbamates (subject to hydrolysis) is 1. The van der Waals surface area contributed by atoms with Crippen molar-refractivity contribution in [3.8, 4) is 0 Å². The molecule has 5 nitrogen and oxygen atoms in total. The molecule has 0 aromatic heterocycles. The molecule has 0 spiro atoms.